The fourth-order valence-electron chi connectivity index (χ4n) is 6.44. The number of rotatable bonds is 14. The van der Waals surface area contributed by atoms with E-state index in [-0.39, 0.29) is 24.1 Å². The Morgan fingerprint density at radius 2 is 1.80 bits per heavy atom. The Labute approximate surface area is 301 Å². The zero-order valence-electron chi connectivity index (χ0n) is 31.0. The smallest absolute Gasteiger partial charge is 0.340 e. The number of aromatic nitrogens is 3. The van der Waals surface area contributed by atoms with Crippen LogP contribution < -0.4 is 9.64 Å². The van der Waals surface area contributed by atoms with Gasteiger partial charge >= 0.3 is 5.97 Å². The van der Waals surface area contributed by atoms with Crippen molar-refractivity contribution in [3.05, 3.63) is 90.9 Å². The van der Waals surface area contributed by atoms with Gasteiger partial charge in [0.05, 0.1) is 41.8 Å². The minimum atomic E-state index is -1.03. The third-order valence-corrected chi connectivity index (χ3v) is 8.95. The number of hydrogen-bond donors (Lipinski definition) is 0. The van der Waals surface area contributed by atoms with E-state index >= 15 is 0 Å². The van der Waals surface area contributed by atoms with Crippen LogP contribution in [0.4, 0.5) is 10.2 Å². The number of esters is 1. The number of nitrogens with zero attached hydrogens (tertiary/aromatic N) is 4. The molecule has 0 spiro atoms. The van der Waals surface area contributed by atoms with Gasteiger partial charge < -0.3 is 23.8 Å². The molecule has 0 bridgehead atoms. The molecule has 1 saturated heterocycles. The Morgan fingerprint density at radius 3 is 2.47 bits per heavy atom. The third kappa shape index (κ3) is 8.86. The number of ether oxygens (including phenoxy) is 4. The summed E-state index contributed by atoms with van der Waals surface area (Å²) in [6.07, 6.45) is 4.50. The lowest BCUT2D eigenvalue weighted by Crippen LogP contribution is -2.45. The van der Waals surface area contributed by atoms with Gasteiger partial charge in [0.1, 0.15) is 17.4 Å². The van der Waals surface area contributed by atoms with E-state index in [1.54, 1.807) is 25.1 Å². The van der Waals surface area contributed by atoms with Crippen LogP contribution in [0, 0.1) is 12.7 Å². The van der Waals surface area contributed by atoms with E-state index in [4.69, 9.17) is 29.0 Å². The maximum Gasteiger partial charge on any atom is 0.340 e. The number of carbonyl (C=O) groups is 1. The van der Waals surface area contributed by atoms with Crippen LogP contribution in [-0.2, 0) is 19.0 Å². The maximum absolute atomic E-state index is 14.4. The Kier molecular flexibility index (Phi) is 11.7. The van der Waals surface area contributed by atoms with E-state index in [0.29, 0.717) is 54.5 Å². The first-order valence-corrected chi connectivity index (χ1v) is 17.7. The second kappa shape index (κ2) is 15.8. The molecule has 5 rings (SSSR count). The molecule has 51 heavy (non-hydrogen) atoms. The molecule has 1 fully saturated rings. The molecule has 2 atom stereocenters. The molecule has 2 unspecified atom stereocenters. The first kappa shape index (κ1) is 37.7. The number of fused-ring (bicyclic) bond motifs is 1. The summed E-state index contributed by atoms with van der Waals surface area (Å²) in [7, 11) is 0. The number of anilines is 1. The molecule has 9 nitrogen and oxygen atoms in total. The highest BCUT2D eigenvalue weighted by Gasteiger charge is 2.38. The molecular formula is C41H51FN4O5. The summed E-state index contributed by atoms with van der Waals surface area (Å²) in [4.78, 5) is 20.8. The Morgan fingerprint density at radius 1 is 1.08 bits per heavy atom. The molecule has 4 aromatic rings. The van der Waals surface area contributed by atoms with Crippen molar-refractivity contribution in [2.45, 2.75) is 91.1 Å². The average Bonchev–Trinajstić information content (AvgIpc) is 3.50. The molecule has 0 saturated carbocycles. The Balaban J connectivity index is 1.64. The monoisotopic (exact) mass is 698 g/mol. The molecule has 1 aliphatic rings. The SMILES string of the molecule is C=CCOC1(C)CCN(c2c(C(OC(C)(C)C)C(=O)OCC)c(C)nc3cc(-c4cccc(-c5ccc(F)cc5OC(C)CC=C)c4)nn23)CC1. The van der Waals surface area contributed by atoms with Gasteiger partial charge in [-0.2, -0.15) is 9.61 Å². The van der Waals surface area contributed by atoms with Crippen molar-refractivity contribution in [1.29, 1.82) is 0 Å². The van der Waals surface area contributed by atoms with Crippen LogP contribution in [0.15, 0.2) is 73.8 Å². The second-order valence-corrected chi connectivity index (χ2v) is 14.3. The van der Waals surface area contributed by atoms with E-state index in [2.05, 4.69) is 25.0 Å². The summed E-state index contributed by atoms with van der Waals surface area (Å²) >= 11 is 0. The number of hydrogen-bond acceptors (Lipinski definition) is 8. The van der Waals surface area contributed by atoms with Crippen molar-refractivity contribution in [2.75, 3.05) is 31.2 Å². The van der Waals surface area contributed by atoms with Gasteiger partial charge in [0.15, 0.2) is 11.8 Å². The predicted molar refractivity (Wildman–Crippen MR) is 200 cm³/mol. The summed E-state index contributed by atoms with van der Waals surface area (Å²) in [5.74, 6) is 0.341. The van der Waals surface area contributed by atoms with Crippen molar-refractivity contribution in [3.63, 3.8) is 0 Å². The van der Waals surface area contributed by atoms with Crippen LogP contribution >= 0.6 is 0 Å². The minimum Gasteiger partial charge on any atom is -0.490 e. The lowest BCUT2D eigenvalue weighted by Gasteiger charge is -2.41. The van der Waals surface area contributed by atoms with Crippen LogP contribution in [-0.4, -0.2) is 64.2 Å². The Bertz CT molecular complexity index is 1870. The van der Waals surface area contributed by atoms with Gasteiger partial charge in [-0.3, -0.25) is 0 Å². The Hall–Kier alpha value is -4.54. The molecule has 2 aromatic heterocycles. The average molecular weight is 699 g/mol. The zero-order valence-corrected chi connectivity index (χ0v) is 31.0. The summed E-state index contributed by atoms with van der Waals surface area (Å²) in [6, 6.07) is 14.4. The molecule has 10 heteroatoms. The summed E-state index contributed by atoms with van der Waals surface area (Å²) in [6.45, 7) is 23.1. The quantitative estimate of drug-likeness (QED) is 0.0954. The van der Waals surface area contributed by atoms with Gasteiger partial charge in [-0.25, -0.2) is 14.2 Å². The van der Waals surface area contributed by atoms with Crippen molar-refractivity contribution in [1.82, 2.24) is 14.6 Å². The maximum atomic E-state index is 14.4. The topological polar surface area (TPSA) is 87.4 Å². The fraction of sp³-hybridized carbons (Fsp3) is 0.439. The highest BCUT2D eigenvalue weighted by atomic mass is 19.1. The predicted octanol–water partition coefficient (Wildman–Crippen LogP) is 8.84. The van der Waals surface area contributed by atoms with E-state index in [9.17, 15) is 9.18 Å². The van der Waals surface area contributed by atoms with Gasteiger partial charge in [0.25, 0.3) is 0 Å². The van der Waals surface area contributed by atoms with E-state index in [1.165, 1.54) is 12.1 Å². The van der Waals surface area contributed by atoms with Gasteiger partial charge in [-0.1, -0.05) is 30.4 Å². The molecule has 0 aliphatic carbocycles. The molecule has 272 valence electrons. The van der Waals surface area contributed by atoms with Crippen molar-refractivity contribution >= 4 is 17.4 Å². The number of carbonyl (C=O) groups excluding carboxylic acids is 1. The highest BCUT2D eigenvalue weighted by Crippen LogP contribution is 2.39. The van der Waals surface area contributed by atoms with E-state index in [1.807, 2.05) is 69.5 Å². The van der Waals surface area contributed by atoms with Crippen molar-refractivity contribution in [2.24, 2.45) is 0 Å². The van der Waals surface area contributed by atoms with Gasteiger partial charge in [-0.15, -0.1) is 13.2 Å². The summed E-state index contributed by atoms with van der Waals surface area (Å²) in [5.41, 5.74) is 4.09. The number of piperidine rings is 1. The first-order valence-electron chi connectivity index (χ1n) is 17.7. The van der Waals surface area contributed by atoms with Crippen LogP contribution in [0.3, 0.4) is 0 Å². The van der Waals surface area contributed by atoms with Gasteiger partial charge in [-0.05, 0) is 85.1 Å². The third-order valence-electron chi connectivity index (χ3n) is 8.95. The lowest BCUT2D eigenvalue weighted by atomic mass is 9.92. The van der Waals surface area contributed by atoms with Gasteiger partial charge in [0, 0.05) is 48.5 Å². The second-order valence-electron chi connectivity index (χ2n) is 14.3. The highest BCUT2D eigenvalue weighted by molar-refractivity contribution is 5.81. The first-order chi connectivity index (χ1) is 24.3. The fourth-order valence-corrected chi connectivity index (χ4v) is 6.44. The van der Waals surface area contributed by atoms with Crippen molar-refractivity contribution in [3.8, 4) is 28.1 Å². The number of aryl methyl sites for hydroxylation is 1. The molecule has 0 N–H and O–H groups in total. The molecule has 1 aliphatic heterocycles. The van der Waals surface area contributed by atoms with E-state index in [0.717, 1.165) is 35.3 Å². The summed E-state index contributed by atoms with van der Waals surface area (Å²) in [5, 5.41) is 5.13. The minimum absolute atomic E-state index is 0.173. The molecular weight excluding hydrogens is 647 g/mol. The zero-order chi connectivity index (χ0) is 36.9. The van der Waals surface area contributed by atoms with Crippen molar-refractivity contribution < 1.29 is 28.1 Å². The summed E-state index contributed by atoms with van der Waals surface area (Å²) < 4.78 is 40.5. The lowest BCUT2D eigenvalue weighted by molar-refractivity contribution is -0.166. The van der Waals surface area contributed by atoms with E-state index < -0.39 is 17.7 Å². The van der Waals surface area contributed by atoms with Crippen LogP contribution in [0.2, 0.25) is 0 Å². The van der Waals surface area contributed by atoms with Crippen LogP contribution in [0.5, 0.6) is 5.75 Å². The molecule has 2 aromatic carbocycles. The van der Waals surface area contributed by atoms with Crippen LogP contribution in [0.1, 0.15) is 78.2 Å². The molecule has 3 heterocycles. The molecule has 0 amide bonds. The molecule has 0 radical (unpaired) electrons. The standard InChI is InChI=1S/C41H51FN4O5/c1-10-14-27(4)50-34-25-31(42)17-18-32(34)29-15-13-16-30(24-29)33-26-35-43-28(5)36(37(39(47)48-12-3)51-40(6,7)8)38(46(35)44-33)45-21-19-41(9,20-22-45)49-23-11-2/h10-11,13,15-18,24-27,37H,1-2,12,14,19-23H2,3-9H3. The normalized spacial score (nSPS) is 15.7. The number of benzene rings is 2. The van der Waals surface area contributed by atoms with Gasteiger partial charge in [0.2, 0.25) is 0 Å². The largest absolute Gasteiger partial charge is 0.490 e. The number of halogens is 1. The van der Waals surface area contributed by atoms with Crippen LogP contribution in [0.25, 0.3) is 28.0 Å².